The molecule has 0 saturated heterocycles. The van der Waals surface area contributed by atoms with E-state index in [-0.39, 0.29) is 0 Å². The van der Waals surface area contributed by atoms with E-state index in [9.17, 15) is 0 Å². The molecule has 1 aromatic heterocycles. The summed E-state index contributed by atoms with van der Waals surface area (Å²) in [5.41, 5.74) is 3.75. The lowest BCUT2D eigenvalue weighted by Crippen LogP contribution is -2.10. The molecule has 0 aliphatic heterocycles. The van der Waals surface area contributed by atoms with Gasteiger partial charge in [0.1, 0.15) is 5.82 Å². The molecule has 0 fully saturated rings. The van der Waals surface area contributed by atoms with E-state index in [1.807, 2.05) is 31.3 Å². The van der Waals surface area contributed by atoms with Crippen molar-refractivity contribution in [2.75, 3.05) is 24.3 Å². The van der Waals surface area contributed by atoms with E-state index >= 15 is 0 Å². The fraction of sp³-hybridized carbons (Fsp3) is 0.389. The zero-order valence-electron chi connectivity index (χ0n) is 13.4. The highest BCUT2D eigenvalue weighted by Gasteiger charge is 2.00. The minimum Gasteiger partial charge on any atom is -0.380 e. The molecule has 0 aliphatic carbocycles. The third-order valence-corrected chi connectivity index (χ3v) is 3.37. The van der Waals surface area contributed by atoms with Crippen LogP contribution in [-0.2, 0) is 13.0 Å². The third kappa shape index (κ3) is 4.78. The summed E-state index contributed by atoms with van der Waals surface area (Å²) in [5, 5.41) is 3.41. The van der Waals surface area contributed by atoms with E-state index in [0.29, 0.717) is 5.92 Å². The van der Waals surface area contributed by atoms with E-state index in [1.54, 1.807) is 0 Å². The minimum atomic E-state index is 0.704. The van der Waals surface area contributed by atoms with Crippen LogP contribution < -0.4 is 10.2 Å². The first-order valence-corrected chi connectivity index (χ1v) is 7.49. The summed E-state index contributed by atoms with van der Waals surface area (Å²) in [7, 11) is 3.99. The van der Waals surface area contributed by atoms with Crippen LogP contribution in [-0.4, -0.2) is 19.1 Å². The molecule has 0 unspecified atom stereocenters. The molecule has 112 valence electrons. The maximum atomic E-state index is 4.40. The standard InChI is InChI=1S/C18H25N3/c1-14(2)11-15-5-7-16(8-6-15)12-19-17-9-10-18(20-13-17)21(3)4/h5-10,13-14,19H,11-12H2,1-4H3. The molecule has 21 heavy (non-hydrogen) atoms. The van der Waals surface area contributed by atoms with Gasteiger partial charge >= 0.3 is 0 Å². The minimum absolute atomic E-state index is 0.704. The number of hydrogen-bond donors (Lipinski definition) is 1. The van der Waals surface area contributed by atoms with Gasteiger partial charge in [-0.15, -0.1) is 0 Å². The van der Waals surface area contributed by atoms with Crippen molar-refractivity contribution < 1.29 is 0 Å². The van der Waals surface area contributed by atoms with Gasteiger partial charge in [-0.25, -0.2) is 4.98 Å². The first kappa shape index (κ1) is 15.4. The molecule has 0 atom stereocenters. The summed E-state index contributed by atoms with van der Waals surface area (Å²) in [5.74, 6) is 1.67. The average molecular weight is 283 g/mol. The highest BCUT2D eigenvalue weighted by atomic mass is 15.1. The quantitative estimate of drug-likeness (QED) is 0.870. The molecule has 1 aromatic carbocycles. The molecule has 1 N–H and O–H groups in total. The normalized spacial score (nSPS) is 10.7. The van der Waals surface area contributed by atoms with Gasteiger partial charge in [-0.1, -0.05) is 38.1 Å². The van der Waals surface area contributed by atoms with Crippen LogP contribution in [0.15, 0.2) is 42.6 Å². The van der Waals surface area contributed by atoms with Gasteiger partial charge in [-0.2, -0.15) is 0 Å². The molecule has 3 heteroatoms. The Bertz CT molecular complexity index is 542. The van der Waals surface area contributed by atoms with Crippen molar-refractivity contribution in [1.82, 2.24) is 4.98 Å². The lowest BCUT2D eigenvalue weighted by Gasteiger charge is -2.12. The van der Waals surface area contributed by atoms with Gasteiger partial charge in [0.25, 0.3) is 0 Å². The van der Waals surface area contributed by atoms with Crippen molar-refractivity contribution in [3.05, 3.63) is 53.7 Å². The van der Waals surface area contributed by atoms with Gasteiger partial charge in [-0.3, -0.25) is 0 Å². The van der Waals surface area contributed by atoms with Crippen LogP contribution in [0.5, 0.6) is 0 Å². The largest absolute Gasteiger partial charge is 0.380 e. The van der Waals surface area contributed by atoms with Crippen molar-refractivity contribution >= 4 is 11.5 Å². The van der Waals surface area contributed by atoms with Crippen LogP contribution in [0.4, 0.5) is 11.5 Å². The Hall–Kier alpha value is -2.03. The van der Waals surface area contributed by atoms with Crippen molar-refractivity contribution in [2.45, 2.75) is 26.8 Å². The Labute approximate surface area is 128 Å². The summed E-state index contributed by atoms with van der Waals surface area (Å²) in [6.45, 7) is 5.32. The molecule has 0 bridgehead atoms. The maximum absolute atomic E-state index is 4.40. The Kier molecular flexibility index (Phi) is 5.20. The molecular formula is C18H25N3. The van der Waals surface area contributed by atoms with Gasteiger partial charge in [0.2, 0.25) is 0 Å². The predicted octanol–water partition coefficient (Wildman–Crippen LogP) is 3.96. The Morgan fingerprint density at radius 3 is 2.19 bits per heavy atom. The maximum Gasteiger partial charge on any atom is 0.128 e. The number of anilines is 2. The number of benzene rings is 1. The first-order valence-electron chi connectivity index (χ1n) is 7.49. The number of aromatic nitrogens is 1. The van der Waals surface area contributed by atoms with E-state index in [0.717, 1.165) is 24.5 Å². The summed E-state index contributed by atoms with van der Waals surface area (Å²) >= 11 is 0. The number of nitrogens with zero attached hydrogens (tertiary/aromatic N) is 2. The van der Waals surface area contributed by atoms with Crippen molar-refractivity contribution in [2.24, 2.45) is 5.92 Å². The summed E-state index contributed by atoms with van der Waals surface area (Å²) < 4.78 is 0. The smallest absolute Gasteiger partial charge is 0.128 e. The topological polar surface area (TPSA) is 28.2 Å². The molecule has 3 nitrogen and oxygen atoms in total. The second kappa shape index (κ2) is 7.11. The van der Waals surface area contributed by atoms with Crippen molar-refractivity contribution in [1.29, 1.82) is 0 Å². The second-order valence-electron chi connectivity index (χ2n) is 6.07. The molecule has 0 aliphatic rings. The van der Waals surface area contributed by atoms with E-state index in [2.05, 4.69) is 54.5 Å². The van der Waals surface area contributed by atoms with Crippen LogP contribution in [0.3, 0.4) is 0 Å². The lowest BCUT2D eigenvalue weighted by molar-refractivity contribution is 0.647. The van der Waals surface area contributed by atoms with Crippen LogP contribution >= 0.6 is 0 Å². The van der Waals surface area contributed by atoms with Gasteiger partial charge < -0.3 is 10.2 Å². The van der Waals surface area contributed by atoms with E-state index < -0.39 is 0 Å². The van der Waals surface area contributed by atoms with Gasteiger partial charge in [-0.05, 0) is 35.6 Å². The SMILES string of the molecule is CC(C)Cc1ccc(CNc2ccc(N(C)C)nc2)cc1. The monoisotopic (exact) mass is 283 g/mol. The highest BCUT2D eigenvalue weighted by Crippen LogP contribution is 2.14. The number of pyridine rings is 1. The van der Waals surface area contributed by atoms with E-state index in [4.69, 9.17) is 0 Å². The molecule has 2 aromatic rings. The van der Waals surface area contributed by atoms with Crippen LogP contribution in [0, 0.1) is 5.92 Å². The molecule has 0 spiro atoms. The molecular weight excluding hydrogens is 258 g/mol. The Balaban J connectivity index is 1.90. The first-order chi connectivity index (χ1) is 10.0. The van der Waals surface area contributed by atoms with Crippen molar-refractivity contribution in [3.63, 3.8) is 0 Å². The lowest BCUT2D eigenvalue weighted by atomic mass is 10.0. The number of hydrogen-bond acceptors (Lipinski definition) is 3. The molecule has 2 rings (SSSR count). The summed E-state index contributed by atoms with van der Waals surface area (Å²) in [4.78, 5) is 6.40. The van der Waals surface area contributed by atoms with Gasteiger partial charge in [0, 0.05) is 20.6 Å². The molecule has 0 saturated carbocycles. The molecule has 1 heterocycles. The number of rotatable bonds is 6. The highest BCUT2D eigenvalue weighted by molar-refractivity contribution is 5.48. The second-order valence-corrected chi connectivity index (χ2v) is 6.07. The predicted molar refractivity (Wildman–Crippen MR) is 90.9 cm³/mol. The zero-order valence-corrected chi connectivity index (χ0v) is 13.4. The van der Waals surface area contributed by atoms with Crippen LogP contribution in [0.1, 0.15) is 25.0 Å². The van der Waals surface area contributed by atoms with Gasteiger partial charge in [0.15, 0.2) is 0 Å². The Morgan fingerprint density at radius 1 is 1.00 bits per heavy atom. The van der Waals surface area contributed by atoms with Crippen LogP contribution in [0.2, 0.25) is 0 Å². The van der Waals surface area contributed by atoms with E-state index in [1.165, 1.54) is 11.1 Å². The fourth-order valence-electron chi connectivity index (χ4n) is 2.22. The molecule has 0 radical (unpaired) electrons. The summed E-state index contributed by atoms with van der Waals surface area (Å²) in [6.07, 6.45) is 3.02. The fourth-order valence-corrected chi connectivity index (χ4v) is 2.22. The van der Waals surface area contributed by atoms with Crippen LogP contribution in [0.25, 0.3) is 0 Å². The summed E-state index contributed by atoms with van der Waals surface area (Å²) in [6, 6.07) is 12.9. The molecule has 0 amide bonds. The average Bonchev–Trinajstić information content (AvgIpc) is 2.46. The number of nitrogens with one attached hydrogen (secondary N) is 1. The Morgan fingerprint density at radius 2 is 1.67 bits per heavy atom. The zero-order chi connectivity index (χ0) is 15.2. The third-order valence-electron chi connectivity index (χ3n) is 3.37. The van der Waals surface area contributed by atoms with Crippen molar-refractivity contribution in [3.8, 4) is 0 Å². The van der Waals surface area contributed by atoms with Gasteiger partial charge in [0.05, 0.1) is 11.9 Å².